The molecule has 3 atom stereocenters. The molecule has 2 aliphatic rings. The first kappa shape index (κ1) is 29.4. The van der Waals surface area contributed by atoms with E-state index in [2.05, 4.69) is 5.32 Å². The number of nitro groups is 1. The largest absolute Gasteiger partial charge is 0.325 e. The number of rotatable bonds is 7. The van der Waals surface area contributed by atoms with Crippen LogP contribution in [-0.2, 0) is 31.0 Å². The van der Waals surface area contributed by atoms with Crippen molar-refractivity contribution in [3.05, 3.63) is 109 Å². The number of thiazole rings is 1. The van der Waals surface area contributed by atoms with Gasteiger partial charge in [-0.2, -0.15) is 0 Å². The van der Waals surface area contributed by atoms with Crippen LogP contribution in [0.15, 0.2) is 93.6 Å². The number of nitrogens with zero attached hydrogens (tertiary/aromatic N) is 3. The summed E-state index contributed by atoms with van der Waals surface area (Å²) >= 11 is 1.93. The van der Waals surface area contributed by atoms with Crippen molar-refractivity contribution >= 4 is 67.9 Å². The predicted molar refractivity (Wildman–Crippen MR) is 162 cm³/mol. The van der Waals surface area contributed by atoms with E-state index in [0.717, 1.165) is 28.0 Å². The van der Waals surface area contributed by atoms with E-state index in [-0.39, 0.29) is 22.0 Å². The predicted octanol–water partition coefficient (Wildman–Crippen LogP) is 2.90. The molecule has 0 radical (unpaired) electrons. The fourth-order valence-corrected chi connectivity index (χ4v) is 8.61. The lowest BCUT2D eigenvalue weighted by molar-refractivity contribution is -0.384. The van der Waals surface area contributed by atoms with E-state index in [1.165, 1.54) is 53.1 Å². The van der Waals surface area contributed by atoms with Crippen LogP contribution in [0.5, 0.6) is 0 Å². The lowest BCUT2D eigenvalue weighted by Gasteiger charge is -2.30. The van der Waals surface area contributed by atoms with Gasteiger partial charge in [0.2, 0.25) is 27.7 Å². The number of hydrogen-bond donors (Lipinski definition) is 2. The number of thioether (sulfide) groups is 1. The molecule has 3 amide bonds. The molecule has 2 unspecified atom stereocenters. The third-order valence-electron chi connectivity index (χ3n) is 7.30. The molecule has 3 heterocycles. The number of benzene rings is 3. The van der Waals surface area contributed by atoms with Crippen LogP contribution >= 0.6 is 23.1 Å². The van der Waals surface area contributed by atoms with Crippen LogP contribution in [-0.4, -0.2) is 40.9 Å². The Balaban J connectivity index is 1.34. The minimum Gasteiger partial charge on any atom is -0.325 e. The zero-order chi connectivity index (χ0) is 31.3. The Morgan fingerprint density at radius 3 is 2.23 bits per heavy atom. The summed E-state index contributed by atoms with van der Waals surface area (Å²) in [6, 6.07) is 19.3. The van der Waals surface area contributed by atoms with E-state index in [1.54, 1.807) is 30.3 Å². The third-order valence-corrected chi connectivity index (χ3v) is 10.8. The monoisotopic (exact) mass is 651 g/mol. The SMILES string of the molecule is NS(=O)(=O)c1ccc(NC(=O)Cn2c3c(sc2=O)[C@@H](c2ccccc2)C2C(=O)N(c4ccc([N+](=O)[O-])cc4)C(=O)C2S3)cc1. The van der Waals surface area contributed by atoms with Crippen LogP contribution in [0.4, 0.5) is 17.1 Å². The first-order valence-corrected chi connectivity index (χ1v) is 16.2. The molecule has 16 heteroatoms. The Morgan fingerprint density at radius 1 is 0.955 bits per heavy atom. The Kier molecular flexibility index (Phi) is 7.44. The Bertz CT molecular complexity index is 1990. The van der Waals surface area contributed by atoms with E-state index in [9.17, 15) is 37.7 Å². The number of primary sulfonamides is 1. The molecule has 4 aromatic rings. The smallest absolute Gasteiger partial charge is 0.308 e. The molecule has 0 spiro atoms. The van der Waals surface area contributed by atoms with Gasteiger partial charge in [0, 0.05) is 28.6 Å². The van der Waals surface area contributed by atoms with Gasteiger partial charge in [0.15, 0.2) is 0 Å². The maximum absolute atomic E-state index is 13.9. The summed E-state index contributed by atoms with van der Waals surface area (Å²) in [6.45, 7) is -0.401. The second-order valence-corrected chi connectivity index (χ2v) is 13.7. The average molecular weight is 652 g/mol. The van der Waals surface area contributed by atoms with E-state index in [1.807, 2.05) is 0 Å². The lowest BCUT2D eigenvalue weighted by atomic mass is 9.83. The first-order valence-electron chi connectivity index (χ1n) is 12.9. The zero-order valence-corrected chi connectivity index (χ0v) is 24.8. The van der Waals surface area contributed by atoms with Crippen LogP contribution < -0.4 is 20.2 Å². The second kappa shape index (κ2) is 11.1. The minimum atomic E-state index is -3.92. The van der Waals surface area contributed by atoms with Crippen molar-refractivity contribution in [2.24, 2.45) is 11.1 Å². The van der Waals surface area contributed by atoms with Crippen LogP contribution in [0.25, 0.3) is 0 Å². The number of sulfonamides is 1. The van der Waals surface area contributed by atoms with Gasteiger partial charge in [0.1, 0.15) is 11.8 Å². The number of nitrogens with one attached hydrogen (secondary N) is 1. The molecule has 2 aliphatic heterocycles. The van der Waals surface area contributed by atoms with E-state index in [4.69, 9.17) is 5.14 Å². The summed E-state index contributed by atoms with van der Waals surface area (Å²) in [5.41, 5.74) is 1.00. The molecule has 1 aromatic heterocycles. The molecule has 0 saturated carbocycles. The molecule has 224 valence electrons. The summed E-state index contributed by atoms with van der Waals surface area (Å²) in [5.74, 6) is -3.12. The van der Waals surface area contributed by atoms with Crippen molar-refractivity contribution in [1.29, 1.82) is 0 Å². The molecule has 1 saturated heterocycles. The number of carbonyl (C=O) groups is 3. The Labute approximate surface area is 257 Å². The maximum Gasteiger partial charge on any atom is 0.308 e. The highest BCUT2D eigenvalue weighted by Gasteiger charge is 2.56. The van der Waals surface area contributed by atoms with Crippen molar-refractivity contribution in [2.45, 2.75) is 27.6 Å². The number of anilines is 2. The molecular weight excluding hydrogens is 631 g/mol. The van der Waals surface area contributed by atoms with E-state index >= 15 is 0 Å². The van der Waals surface area contributed by atoms with Gasteiger partial charge >= 0.3 is 4.87 Å². The van der Waals surface area contributed by atoms with E-state index < -0.39 is 61.2 Å². The number of fused-ring (bicyclic) bond motifs is 2. The minimum absolute atomic E-state index is 0.130. The van der Waals surface area contributed by atoms with Crippen molar-refractivity contribution in [3.8, 4) is 0 Å². The molecule has 3 N–H and O–H groups in total. The molecule has 6 rings (SSSR count). The highest BCUT2D eigenvalue weighted by Crippen LogP contribution is 2.53. The van der Waals surface area contributed by atoms with E-state index in [0.29, 0.717) is 15.5 Å². The molecular formula is C28H21N5O8S3. The van der Waals surface area contributed by atoms with Crippen LogP contribution in [0.3, 0.4) is 0 Å². The number of imide groups is 1. The highest BCUT2D eigenvalue weighted by atomic mass is 32.2. The number of hydrogen-bond acceptors (Lipinski definition) is 10. The van der Waals surface area contributed by atoms with Gasteiger partial charge in [-0.15, -0.1) is 0 Å². The molecule has 0 aliphatic carbocycles. The molecule has 3 aromatic carbocycles. The van der Waals surface area contributed by atoms with Gasteiger partial charge < -0.3 is 5.32 Å². The van der Waals surface area contributed by atoms with Crippen LogP contribution in [0.2, 0.25) is 0 Å². The van der Waals surface area contributed by atoms with Gasteiger partial charge in [-0.25, -0.2) is 18.5 Å². The van der Waals surface area contributed by atoms with Crippen LogP contribution in [0, 0.1) is 16.0 Å². The fraction of sp³-hybridized carbons (Fsp3) is 0.143. The van der Waals surface area contributed by atoms with Crippen molar-refractivity contribution in [2.75, 3.05) is 10.2 Å². The van der Waals surface area contributed by atoms with Gasteiger partial charge in [0.25, 0.3) is 5.69 Å². The van der Waals surface area contributed by atoms with Crippen molar-refractivity contribution in [1.82, 2.24) is 4.57 Å². The highest BCUT2D eigenvalue weighted by molar-refractivity contribution is 8.00. The van der Waals surface area contributed by atoms with Crippen molar-refractivity contribution in [3.63, 3.8) is 0 Å². The summed E-state index contributed by atoms with van der Waals surface area (Å²) in [5, 5.41) is 18.3. The number of non-ortho nitro benzene ring substituents is 1. The van der Waals surface area contributed by atoms with Crippen molar-refractivity contribution < 1.29 is 27.7 Å². The maximum atomic E-state index is 13.9. The molecule has 13 nitrogen and oxygen atoms in total. The number of amides is 3. The fourth-order valence-electron chi connectivity index (χ4n) is 5.32. The summed E-state index contributed by atoms with van der Waals surface area (Å²) in [7, 11) is -3.92. The van der Waals surface area contributed by atoms with Gasteiger partial charge in [-0.1, -0.05) is 53.4 Å². The number of aromatic nitrogens is 1. The lowest BCUT2D eigenvalue weighted by Crippen LogP contribution is -2.33. The Morgan fingerprint density at radius 2 is 1.61 bits per heavy atom. The molecule has 0 bridgehead atoms. The van der Waals surface area contributed by atoms with Gasteiger partial charge in [0.05, 0.1) is 26.5 Å². The van der Waals surface area contributed by atoms with Gasteiger partial charge in [-0.3, -0.25) is 33.9 Å². The summed E-state index contributed by atoms with van der Waals surface area (Å²) in [4.78, 5) is 65.5. The van der Waals surface area contributed by atoms with Gasteiger partial charge in [-0.05, 0) is 42.0 Å². The summed E-state index contributed by atoms with van der Waals surface area (Å²) < 4.78 is 24.3. The van der Waals surface area contributed by atoms with Crippen LogP contribution in [0.1, 0.15) is 16.4 Å². The third kappa shape index (κ3) is 5.21. The quantitative estimate of drug-likeness (QED) is 0.172. The molecule has 44 heavy (non-hydrogen) atoms. The number of nitro benzene ring substituents is 1. The average Bonchev–Trinajstić information content (AvgIpc) is 3.43. The standard InChI is InChI=1S/C28H21N5O8S3/c29-44(40,41)19-12-6-16(7-13-19)30-20(34)14-31-27-24(43-28(31)37)21(15-4-2-1-3-5-15)22-23(42-27)26(36)32(25(22)35)17-8-10-18(11-9-17)33(38)39/h1-13,21-23H,14H2,(H,30,34)(H2,29,40,41)/t21-,22?,23?/m0/s1. The molecule has 1 fully saturated rings. The summed E-state index contributed by atoms with van der Waals surface area (Å²) in [6.07, 6.45) is 0. The number of nitrogens with two attached hydrogens (primary N) is 1. The topological polar surface area (TPSA) is 192 Å². The zero-order valence-electron chi connectivity index (χ0n) is 22.4. The normalized spacial score (nSPS) is 19.4. The second-order valence-electron chi connectivity index (χ2n) is 9.98. The first-order chi connectivity index (χ1) is 20.9. The Hall–Kier alpha value is -4.64. The number of carbonyl (C=O) groups excluding carboxylic acids is 3.